The van der Waals surface area contributed by atoms with Gasteiger partial charge in [-0.25, -0.2) is 9.36 Å². The normalized spacial score (nSPS) is 12.6. The minimum atomic E-state index is 0.0217. The molecule has 0 N–H and O–H groups in total. The molecule has 0 atom stereocenters. The van der Waals surface area contributed by atoms with Gasteiger partial charge in [-0.1, -0.05) is 41.5 Å². The van der Waals surface area contributed by atoms with Crippen molar-refractivity contribution >= 4 is 0 Å². The summed E-state index contributed by atoms with van der Waals surface area (Å²) in [6.07, 6.45) is 7.87. The Morgan fingerprint density at radius 3 is 1.30 bits per heavy atom. The number of rotatable bonds is 5. The zero-order valence-corrected chi connectivity index (χ0v) is 18.6. The van der Waals surface area contributed by atoms with Gasteiger partial charge in [-0.2, -0.15) is 20.4 Å². The van der Waals surface area contributed by atoms with Crippen LogP contribution in [0, 0.1) is 0 Å². The number of hydrogen-bond donors (Lipinski definition) is 0. The number of aryl methyl sites for hydroxylation is 2. The molecule has 0 aromatic carbocycles. The third-order valence-electron chi connectivity index (χ3n) is 5.00. The molecule has 0 aliphatic rings. The molecule has 8 heteroatoms. The topological polar surface area (TPSA) is 71.3 Å². The quantitative estimate of drug-likeness (QED) is 0.506. The van der Waals surface area contributed by atoms with Gasteiger partial charge in [-0.15, -0.1) is 0 Å². The van der Waals surface area contributed by atoms with Crippen LogP contribution in [0.15, 0.2) is 49.1 Å². The van der Waals surface area contributed by atoms with Crippen molar-refractivity contribution in [2.75, 3.05) is 0 Å². The maximum Gasteiger partial charge on any atom is 0.174 e. The zero-order valence-electron chi connectivity index (χ0n) is 18.6. The summed E-state index contributed by atoms with van der Waals surface area (Å²) in [5.74, 6) is 1.64. The molecule has 4 aromatic rings. The van der Waals surface area contributed by atoms with E-state index in [1.54, 1.807) is 0 Å². The van der Waals surface area contributed by atoms with Crippen LogP contribution in [0.3, 0.4) is 0 Å². The average Bonchev–Trinajstić information content (AvgIpc) is 3.45. The number of nitrogens with zero attached hydrogens (tertiary/aromatic N) is 8. The van der Waals surface area contributed by atoms with Crippen LogP contribution in [-0.4, -0.2) is 39.1 Å². The van der Waals surface area contributed by atoms with Gasteiger partial charge in [-0.05, 0) is 12.1 Å². The van der Waals surface area contributed by atoms with Gasteiger partial charge in [0.1, 0.15) is 0 Å². The molecule has 0 fully saturated rings. The highest BCUT2D eigenvalue weighted by atomic mass is 15.4. The fourth-order valence-electron chi connectivity index (χ4n) is 3.10. The van der Waals surface area contributed by atoms with Crippen molar-refractivity contribution < 1.29 is 0 Å². The van der Waals surface area contributed by atoms with Crippen molar-refractivity contribution in [1.29, 1.82) is 0 Å². The third kappa shape index (κ3) is 4.22. The fourth-order valence-corrected chi connectivity index (χ4v) is 3.10. The Bertz CT molecular complexity index is 1040. The van der Waals surface area contributed by atoms with Crippen molar-refractivity contribution in [1.82, 2.24) is 39.1 Å². The van der Waals surface area contributed by atoms with Gasteiger partial charge in [0.05, 0.1) is 24.5 Å². The molecule has 158 valence electrons. The van der Waals surface area contributed by atoms with Gasteiger partial charge in [0, 0.05) is 47.8 Å². The molecule has 30 heavy (non-hydrogen) atoms. The molecule has 4 aromatic heterocycles. The van der Waals surface area contributed by atoms with Crippen LogP contribution < -0.4 is 0 Å². The Hall–Kier alpha value is -3.16. The number of aromatic nitrogens is 8. The van der Waals surface area contributed by atoms with E-state index in [1.807, 2.05) is 67.8 Å². The van der Waals surface area contributed by atoms with E-state index < -0.39 is 0 Å². The van der Waals surface area contributed by atoms with E-state index in [0.29, 0.717) is 0 Å². The minimum absolute atomic E-state index is 0.0217. The van der Waals surface area contributed by atoms with Crippen LogP contribution in [0.5, 0.6) is 0 Å². The highest BCUT2D eigenvalue weighted by molar-refractivity contribution is 5.23. The van der Waals surface area contributed by atoms with Gasteiger partial charge >= 0.3 is 0 Å². The van der Waals surface area contributed by atoms with E-state index in [1.165, 1.54) is 0 Å². The van der Waals surface area contributed by atoms with Gasteiger partial charge in [0.2, 0.25) is 0 Å². The first-order valence-electron chi connectivity index (χ1n) is 10.3. The van der Waals surface area contributed by atoms with Gasteiger partial charge in [-0.3, -0.25) is 9.36 Å². The first-order chi connectivity index (χ1) is 14.1. The van der Waals surface area contributed by atoms with Crippen molar-refractivity contribution in [3.8, 4) is 11.6 Å². The molecule has 4 rings (SSSR count). The summed E-state index contributed by atoms with van der Waals surface area (Å²) < 4.78 is 7.49. The molecule has 0 saturated heterocycles. The van der Waals surface area contributed by atoms with E-state index in [0.717, 1.165) is 36.1 Å². The maximum absolute atomic E-state index is 4.65. The van der Waals surface area contributed by atoms with E-state index in [-0.39, 0.29) is 10.8 Å². The van der Waals surface area contributed by atoms with Crippen LogP contribution >= 0.6 is 0 Å². The molecule has 0 aliphatic carbocycles. The average molecular weight is 407 g/mol. The van der Waals surface area contributed by atoms with E-state index in [2.05, 4.69) is 61.9 Å². The molecular formula is C22H30N8. The zero-order chi connectivity index (χ0) is 21.5. The Balaban J connectivity index is 1.40. The van der Waals surface area contributed by atoms with Crippen LogP contribution in [0.1, 0.15) is 52.9 Å². The van der Waals surface area contributed by atoms with Gasteiger partial charge < -0.3 is 0 Å². The molecule has 0 amide bonds. The first-order valence-corrected chi connectivity index (χ1v) is 10.3. The summed E-state index contributed by atoms with van der Waals surface area (Å²) in [6, 6.07) is 8.05. The van der Waals surface area contributed by atoms with Crippen molar-refractivity contribution in [2.45, 2.75) is 65.5 Å². The van der Waals surface area contributed by atoms with Crippen LogP contribution in [-0.2, 0) is 23.9 Å². The Labute approximate surface area is 177 Å². The third-order valence-corrected chi connectivity index (χ3v) is 5.00. The minimum Gasteiger partial charge on any atom is -0.269 e. The van der Waals surface area contributed by atoms with E-state index in [4.69, 9.17) is 0 Å². The van der Waals surface area contributed by atoms with E-state index >= 15 is 0 Å². The molecule has 0 radical (unpaired) electrons. The van der Waals surface area contributed by atoms with Crippen LogP contribution in [0.4, 0.5) is 0 Å². The highest BCUT2D eigenvalue weighted by Gasteiger charge is 2.18. The van der Waals surface area contributed by atoms with E-state index in [9.17, 15) is 0 Å². The monoisotopic (exact) mass is 406 g/mol. The molecular weight excluding hydrogens is 376 g/mol. The highest BCUT2D eigenvalue weighted by Crippen LogP contribution is 2.21. The van der Waals surface area contributed by atoms with Gasteiger partial charge in [0.15, 0.2) is 11.6 Å². The smallest absolute Gasteiger partial charge is 0.174 e. The summed E-state index contributed by atoms with van der Waals surface area (Å²) in [5.41, 5.74) is 2.14. The fraction of sp³-hybridized carbons (Fsp3) is 0.455. The largest absolute Gasteiger partial charge is 0.269 e. The summed E-state index contributed by atoms with van der Waals surface area (Å²) >= 11 is 0. The van der Waals surface area contributed by atoms with Crippen molar-refractivity contribution in [3.63, 3.8) is 0 Å². The molecule has 0 saturated carbocycles. The molecule has 0 spiro atoms. The lowest BCUT2D eigenvalue weighted by Crippen LogP contribution is -2.13. The van der Waals surface area contributed by atoms with Crippen LogP contribution in [0.25, 0.3) is 11.6 Å². The predicted octanol–water partition coefficient (Wildman–Crippen LogP) is 3.75. The molecule has 4 heterocycles. The lowest BCUT2D eigenvalue weighted by Gasteiger charge is -2.14. The Morgan fingerprint density at radius 1 is 0.567 bits per heavy atom. The summed E-state index contributed by atoms with van der Waals surface area (Å²) in [6.45, 7) is 14.4. The predicted molar refractivity (Wildman–Crippen MR) is 116 cm³/mol. The molecule has 0 bridgehead atoms. The van der Waals surface area contributed by atoms with Crippen LogP contribution in [0.2, 0.25) is 0 Å². The number of hydrogen-bond acceptors (Lipinski definition) is 4. The van der Waals surface area contributed by atoms with Crippen molar-refractivity contribution in [3.05, 3.63) is 60.4 Å². The standard InChI is InChI=1S/C22H30N8/c1-21(2,3)17-7-13-29(23-17)19-9-11-27(25-19)15-16-28-12-10-20(26-28)30-14-8-18(24-30)22(4,5)6/h7-14H,15-16H2,1-6H3. The second kappa shape index (κ2) is 7.27. The second-order valence-corrected chi connectivity index (χ2v) is 9.67. The summed E-state index contributed by atoms with van der Waals surface area (Å²) in [5, 5.41) is 18.6. The Kier molecular flexibility index (Phi) is 4.88. The lowest BCUT2D eigenvalue weighted by molar-refractivity contribution is 0.494. The van der Waals surface area contributed by atoms with Gasteiger partial charge in [0.25, 0.3) is 0 Å². The van der Waals surface area contributed by atoms with Crippen molar-refractivity contribution in [2.24, 2.45) is 0 Å². The first kappa shape index (κ1) is 20.1. The lowest BCUT2D eigenvalue weighted by atomic mass is 9.93. The summed E-state index contributed by atoms with van der Waals surface area (Å²) in [4.78, 5) is 0. The second-order valence-electron chi connectivity index (χ2n) is 9.67. The molecule has 8 nitrogen and oxygen atoms in total. The Morgan fingerprint density at radius 2 is 0.967 bits per heavy atom. The summed E-state index contributed by atoms with van der Waals surface area (Å²) in [7, 11) is 0. The molecule has 0 aliphatic heterocycles. The SMILES string of the molecule is CC(C)(C)c1ccn(-c2ccn(CCn3ccc(-n4ccc(C(C)(C)C)n4)n3)n2)n1. The molecule has 0 unspecified atom stereocenters. The maximum atomic E-state index is 4.65.